The van der Waals surface area contributed by atoms with Gasteiger partial charge in [-0.3, -0.25) is 10.2 Å². The van der Waals surface area contributed by atoms with E-state index in [9.17, 15) is 13.2 Å². The molecule has 0 aliphatic carbocycles. The molecule has 12 heteroatoms. The molecule has 0 spiro atoms. The van der Waals surface area contributed by atoms with Gasteiger partial charge in [0.15, 0.2) is 5.96 Å². The molecule has 2 aromatic rings. The number of carbonyl (C=O) groups is 1. The topological polar surface area (TPSA) is 154 Å². The second kappa shape index (κ2) is 12.2. The Morgan fingerprint density at radius 1 is 1.19 bits per heavy atom. The Morgan fingerprint density at radius 3 is 2.56 bits per heavy atom. The SMILES string of the molecule is Cl.Cl.N=C(N)N1CCCC(CNC(=O)[C@@H](N)CNS(=O)(=O)c2ccc3ccccc3c2)C1. The molecule has 32 heavy (non-hydrogen) atoms. The van der Waals surface area contributed by atoms with Crippen molar-refractivity contribution >= 4 is 57.5 Å². The van der Waals surface area contributed by atoms with Gasteiger partial charge in [0.1, 0.15) is 0 Å². The van der Waals surface area contributed by atoms with Gasteiger partial charge in [0.2, 0.25) is 15.9 Å². The Balaban J connectivity index is 0.00000256. The summed E-state index contributed by atoms with van der Waals surface area (Å²) in [5.41, 5.74) is 11.4. The zero-order chi connectivity index (χ0) is 21.7. The van der Waals surface area contributed by atoms with Crippen molar-refractivity contribution in [2.45, 2.75) is 23.8 Å². The molecule has 7 N–H and O–H groups in total. The maximum Gasteiger partial charge on any atom is 0.240 e. The van der Waals surface area contributed by atoms with Gasteiger partial charge < -0.3 is 21.7 Å². The van der Waals surface area contributed by atoms with Crippen LogP contribution in [0.2, 0.25) is 0 Å². The van der Waals surface area contributed by atoms with E-state index in [0.717, 1.165) is 30.2 Å². The van der Waals surface area contributed by atoms with Crippen molar-refractivity contribution in [3.8, 4) is 0 Å². The van der Waals surface area contributed by atoms with Gasteiger partial charge in [-0.25, -0.2) is 13.1 Å². The Morgan fingerprint density at radius 2 is 1.88 bits per heavy atom. The van der Waals surface area contributed by atoms with E-state index in [-0.39, 0.29) is 48.1 Å². The third kappa shape index (κ3) is 7.21. The van der Waals surface area contributed by atoms with Gasteiger partial charge in [-0.2, -0.15) is 0 Å². The number of amides is 1. The predicted molar refractivity (Wildman–Crippen MR) is 131 cm³/mol. The summed E-state index contributed by atoms with van der Waals surface area (Å²) in [4.78, 5) is 14.2. The summed E-state index contributed by atoms with van der Waals surface area (Å²) in [7, 11) is -3.79. The van der Waals surface area contributed by atoms with Crippen molar-refractivity contribution in [1.82, 2.24) is 14.9 Å². The van der Waals surface area contributed by atoms with Crippen LogP contribution in [0, 0.1) is 11.3 Å². The minimum absolute atomic E-state index is 0. The number of nitrogens with two attached hydrogens (primary N) is 2. The zero-order valence-electron chi connectivity index (χ0n) is 17.5. The minimum Gasteiger partial charge on any atom is -0.370 e. The van der Waals surface area contributed by atoms with Crippen LogP contribution in [0.15, 0.2) is 47.4 Å². The number of rotatable bonds is 7. The molecule has 1 aliphatic rings. The lowest BCUT2D eigenvalue weighted by Crippen LogP contribution is -2.51. The molecule has 2 atom stereocenters. The van der Waals surface area contributed by atoms with E-state index in [2.05, 4.69) is 10.0 Å². The first-order valence-corrected chi connectivity index (χ1v) is 11.4. The molecule has 3 rings (SSSR count). The highest BCUT2D eigenvalue weighted by molar-refractivity contribution is 7.89. The molecule has 2 aromatic carbocycles. The van der Waals surface area contributed by atoms with E-state index < -0.39 is 22.0 Å². The third-order valence-electron chi connectivity index (χ3n) is 5.29. The molecule has 1 fully saturated rings. The lowest BCUT2D eigenvalue weighted by Gasteiger charge is -2.33. The first-order valence-electron chi connectivity index (χ1n) is 9.87. The van der Waals surface area contributed by atoms with E-state index in [0.29, 0.717) is 13.1 Å². The van der Waals surface area contributed by atoms with Crippen LogP contribution in [0.4, 0.5) is 0 Å². The average Bonchev–Trinajstić information content (AvgIpc) is 2.75. The van der Waals surface area contributed by atoms with Crippen LogP contribution >= 0.6 is 24.8 Å². The van der Waals surface area contributed by atoms with E-state index in [1.807, 2.05) is 24.3 Å². The minimum atomic E-state index is -3.79. The molecule has 0 aromatic heterocycles. The van der Waals surface area contributed by atoms with Crippen LogP contribution in [-0.4, -0.2) is 57.4 Å². The summed E-state index contributed by atoms with van der Waals surface area (Å²) in [6.45, 7) is 1.56. The Kier molecular flexibility index (Phi) is 10.7. The van der Waals surface area contributed by atoms with E-state index in [4.69, 9.17) is 16.9 Å². The first kappa shape index (κ1) is 27.9. The van der Waals surface area contributed by atoms with Crippen LogP contribution in [0.3, 0.4) is 0 Å². The molecule has 0 bridgehead atoms. The smallest absolute Gasteiger partial charge is 0.240 e. The fourth-order valence-corrected chi connectivity index (χ4v) is 4.63. The molecule has 1 amide bonds. The molecule has 1 unspecified atom stereocenters. The van der Waals surface area contributed by atoms with Gasteiger partial charge in [-0.1, -0.05) is 30.3 Å². The van der Waals surface area contributed by atoms with Crippen molar-refractivity contribution in [3.05, 3.63) is 42.5 Å². The lowest BCUT2D eigenvalue weighted by molar-refractivity contribution is -0.122. The molecule has 9 nitrogen and oxygen atoms in total. The van der Waals surface area contributed by atoms with Gasteiger partial charge in [0.25, 0.3) is 0 Å². The number of fused-ring (bicyclic) bond motifs is 1. The van der Waals surface area contributed by atoms with Crippen molar-refractivity contribution in [2.75, 3.05) is 26.2 Å². The fraction of sp³-hybridized carbons (Fsp3) is 0.400. The van der Waals surface area contributed by atoms with Crippen LogP contribution in [0.5, 0.6) is 0 Å². The van der Waals surface area contributed by atoms with Crippen LogP contribution in [0.1, 0.15) is 12.8 Å². The summed E-state index contributed by atoms with van der Waals surface area (Å²) in [5, 5.41) is 12.1. The summed E-state index contributed by atoms with van der Waals surface area (Å²) in [6.07, 6.45) is 1.83. The van der Waals surface area contributed by atoms with Crippen LogP contribution < -0.4 is 21.5 Å². The van der Waals surface area contributed by atoms with Crippen LogP contribution in [0.25, 0.3) is 10.8 Å². The maximum absolute atomic E-state index is 12.6. The van der Waals surface area contributed by atoms with Crippen LogP contribution in [-0.2, 0) is 14.8 Å². The summed E-state index contributed by atoms with van der Waals surface area (Å²) >= 11 is 0. The number of likely N-dealkylation sites (tertiary alicyclic amines) is 1. The fourth-order valence-electron chi connectivity index (χ4n) is 3.54. The van der Waals surface area contributed by atoms with Crippen molar-refractivity contribution < 1.29 is 13.2 Å². The van der Waals surface area contributed by atoms with Gasteiger partial charge in [0, 0.05) is 26.2 Å². The highest BCUT2D eigenvalue weighted by atomic mass is 35.5. The number of piperidine rings is 1. The molecular formula is C20H30Cl2N6O3S. The van der Waals surface area contributed by atoms with Crippen molar-refractivity contribution in [3.63, 3.8) is 0 Å². The van der Waals surface area contributed by atoms with E-state index in [1.165, 1.54) is 6.07 Å². The molecule has 0 radical (unpaired) electrons. The number of halogens is 2. The molecular weight excluding hydrogens is 475 g/mol. The predicted octanol–water partition coefficient (Wildman–Crippen LogP) is 1.01. The number of hydrogen-bond acceptors (Lipinski definition) is 5. The second-order valence-corrected chi connectivity index (χ2v) is 9.32. The second-order valence-electron chi connectivity index (χ2n) is 7.55. The number of nitrogens with zero attached hydrogens (tertiary/aromatic N) is 1. The quantitative estimate of drug-likeness (QED) is 0.280. The monoisotopic (exact) mass is 504 g/mol. The summed E-state index contributed by atoms with van der Waals surface area (Å²) in [6, 6.07) is 11.3. The third-order valence-corrected chi connectivity index (χ3v) is 6.71. The zero-order valence-corrected chi connectivity index (χ0v) is 19.9. The Labute approximate surface area is 200 Å². The van der Waals surface area contributed by atoms with E-state index >= 15 is 0 Å². The number of benzene rings is 2. The lowest BCUT2D eigenvalue weighted by atomic mass is 9.98. The maximum atomic E-state index is 12.6. The number of hydrogen-bond donors (Lipinski definition) is 5. The van der Waals surface area contributed by atoms with Gasteiger partial charge >= 0.3 is 0 Å². The highest BCUT2D eigenvalue weighted by Gasteiger charge is 2.23. The van der Waals surface area contributed by atoms with Gasteiger partial charge in [-0.15, -0.1) is 24.8 Å². The average molecular weight is 505 g/mol. The van der Waals surface area contributed by atoms with Gasteiger partial charge in [-0.05, 0) is 41.7 Å². The van der Waals surface area contributed by atoms with Gasteiger partial charge in [0.05, 0.1) is 10.9 Å². The molecule has 1 saturated heterocycles. The highest BCUT2D eigenvalue weighted by Crippen LogP contribution is 2.19. The number of carbonyl (C=O) groups excluding carboxylic acids is 1. The number of sulfonamides is 1. The molecule has 1 aliphatic heterocycles. The standard InChI is InChI=1S/C20H28N6O3S.2ClH/c21-18(19(27)24-11-14-4-3-9-26(13-14)20(22)23)12-25-30(28,29)17-8-7-15-5-1-2-6-16(15)10-17;;/h1-2,5-8,10,14,18,25H,3-4,9,11-13,21H2,(H3,22,23)(H,24,27);2*1H/t14?,18-;;/m0../s1. The van der Waals surface area contributed by atoms with Crippen molar-refractivity contribution in [2.24, 2.45) is 17.4 Å². The molecule has 1 heterocycles. The summed E-state index contributed by atoms with van der Waals surface area (Å²) < 4.78 is 27.6. The Hall–Kier alpha value is -2.11. The normalized spacial score (nSPS) is 17.0. The van der Waals surface area contributed by atoms with E-state index in [1.54, 1.807) is 17.0 Å². The summed E-state index contributed by atoms with van der Waals surface area (Å²) in [5.74, 6) is -0.213. The Bertz CT molecular complexity index is 1040. The number of nitrogens with one attached hydrogen (secondary N) is 3. The molecule has 0 saturated carbocycles. The molecule has 178 valence electrons. The first-order chi connectivity index (χ1) is 14.3. The number of guanidine groups is 1. The van der Waals surface area contributed by atoms with Crippen molar-refractivity contribution in [1.29, 1.82) is 5.41 Å². The largest absolute Gasteiger partial charge is 0.370 e.